The van der Waals surface area contributed by atoms with Crippen LogP contribution in [0.1, 0.15) is 31.4 Å². The molecule has 2 aromatic carbocycles. The molecule has 5 heteroatoms. The largest absolute Gasteiger partial charge is 0.377 e. The zero-order valence-corrected chi connectivity index (χ0v) is 13.9. The molecule has 1 atom stereocenters. The van der Waals surface area contributed by atoms with Crippen LogP contribution in [-0.4, -0.2) is 4.92 Å². The highest BCUT2D eigenvalue weighted by Gasteiger charge is 2.15. The lowest BCUT2D eigenvalue weighted by atomic mass is 10.0. The fraction of sp³-hybridized carbons (Fsp3) is 0.250. The van der Waals surface area contributed by atoms with Gasteiger partial charge >= 0.3 is 0 Å². The van der Waals surface area contributed by atoms with Gasteiger partial charge in [0, 0.05) is 21.4 Å². The molecule has 2 aromatic rings. The molecule has 0 bridgehead atoms. The molecule has 0 saturated heterocycles. The first-order valence-corrected chi connectivity index (χ1v) is 7.95. The first-order valence-electron chi connectivity index (χ1n) is 6.87. The average Bonchev–Trinajstić information content (AvgIpc) is 2.49. The summed E-state index contributed by atoms with van der Waals surface area (Å²) >= 11 is 2.29. The van der Waals surface area contributed by atoms with Gasteiger partial charge in [-0.1, -0.05) is 37.6 Å². The van der Waals surface area contributed by atoms with Gasteiger partial charge < -0.3 is 5.32 Å². The number of rotatable bonds is 6. The fourth-order valence-electron chi connectivity index (χ4n) is 2.23. The minimum Gasteiger partial charge on any atom is -0.377 e. The summed E-state index contributed by atoms with van der Waals surface area (Å²) in [5, 5.41) is 14.4. The molecule has 0 radical (unpaired) electrons. The van der Waals surface area contributed by atoms with E-state index in [4.69, 9.17) is 0 Å². The second kappa shape index (κ2) is 7.40. The summed E-state index contributed by atoms with van der Waals surface area (Å²) in [7, 11) is 0. The van der Waals surface area contributed by atoms with E-state index >= 15 is 0 Å². The lowest BCUT2D eigenvalue weighted by Gasteiger charge is -2.20. The number of nitrogens with zero attached hydrogens (tertiary/aromatic N) is 1. The maximum Gasteiger partial charge on any atom is 0.269 e. The van der Waals surface area contributed by atoms with E-state index in [1.807, 2.05) is 30.3 Å². The Hall–Kier alpha value is -1.63. The predicted octanol–water partition coefficient (Wildman–Crippen LogP) is 5.15. The molecule has 4 nitrogen and oxygen atoms in total. The number of nitro groups is 1. The third kappa shape index (κ3) is 4.17. The lowest BCUT2D eigenvalue weighted by molar-refractivity contribution is -0.384. The van der Waals surface area contributed by atoms with Gasteiger partial charge in [-0.3, -0.25) is 10.1 Å². The van der Waals surface area contributed by atoms with E-state index in [9.17, 15) is 10.1 Å². The van der Waals surface area contributed by atoms with E-state index in [1.54, 1.807) is 12.1 Å². The van der Waals surface area contributed by atoms with Crippen molar-refractivity contribution in [3.05, 3.63) is 67.8 Å². The number of nitrogens with one attached hydrogen (secondary N) is 1. The Labute approximate surface area is 137 Å². The van der Waals surface area contributed by atoms with Crippen molar-refractivity contribution in [3.8, 4) is 0 Å². The van der Waals surface area contributed by atoms with Crippen LogP contribution < -0.4 is 5.32 Å². The molecule has 0 heterocycles. The van der Waals surface area contributed by atoms with Crippen LogP contribution >= 0.6 is 22.6 Å². The van der Waals surface area contributed by atoms with Gasteiger partial charge in [0.1, 0.15) is 0 Å². The Morgan fingerprint density at radius 3 is 2.67 bits per heavy atom. The first kappa shape index (κ1) is 15.8. The first-order chi connectivity index (χ1) is 10.1. The van der Waals surface area contributed by atoms with Crippen molar-refractivity contribution in [2.75, 3.05) is 5.32 Å². The highest BCUT2D eigenvalue weighted by molar-refractivity contribution is 14.1. The molecule has 0 aromatic heterocycles. The van der Waals surface area contributed by atoms with E-state index in [0.29, 0.717) is 0 Å². The number of non-ortho nitro benzene ring substituents is 1. The zero-order valence-electron chi connectivity index (χ0n) is 11.8. The summed E-state index contributed by atoms with van der Waals surface area (Å²) in [4.78, 5) is 10.6. The summed E-state index contributed by atoms with van der Waals surface area (Å²) in [6.45, 7) is 2.11. The Morgan fingerprint density at radius 1 is 1.24 bits per heavy atom. The quantitative estimate of drug-likeness (QED) is 0.417. The van der Waals surface area contributed by atoms with Crippen LogP contribution in [0.2, 0.25) is 0 Å². The molecule has 1 unspecified atom stereocenters. The maximum absolute atomic E-state index is 10.9. The van der Waals surface area contributed by atoms with Gasteiger partial charge in [0.15, 0.2) is 0 Å². The van der Waals surface area contributed by atoms with E-state index < -0.39 is 0 Å². The van der Waals surface area contributed by atoms with E-state index in [1.165, 1.54) is 6.07 Å². The molecule has 0 amide bonds. The molecule has 0 saturated carbocycles. The Kier molecular flexibility index (Phi) is 5.55. The fourth-order valence-corrected chi connectivity index (χ4v) is 2.78. The van der Waals surface area contributed by atoms with Crippen LogP contribution in [0.15, 0.2) is 48.5 Å². The monoisotopic (exact) mass is 396 g/mol. The standard InChI is InChI=1S/C16H17IN2O2/c1-2-6-15(18-16-10-4-3-9-14(16)17)12-7-5-8-13(11-12)19(20)21/h3-5,7-11,15,18H,2,6H2,1H3. The summed E-state index contributed by atoms with van der Waals surface area (Å²) in [5.74, 6) is 0. The van der Waals surface area contributed by atoms with Crippen molar-refractivity contribution in [2.45, 2.75) is 25.8 Å². The molecular formula is C16H17IN2O2. The van der Waals surface area contributed by atoms with Crippen molar-refractivity contribution in [1.82, 2.24) is 0 Å². The highest BCUT2D eigenvalue weighted by Crippen LogP contribution is 2.28. The number of para-hydroxylation sites is 1. The summed E-state index contributed by atoms with van der Waals surface area (Å²) in [6, 6.07) is 15.0. The summed E-state index contributed by atoms with van der Waals surface area (Å²) in [6.07, 6.45) is 1.93. The van der Waals surface area contributed by atoms with Crippen LogP contribution in [0.5, 0.6) is 0 Å². The van der Waals surface area contributed by atoms with Crippen LogP contribution in [0.4, 0.5) is 11.4 Å². The van der Waals surface area contributed by atoms with Gasteiger partial charge in [-0.15, -0.1) is 0 Å². The third-order valence-corrected chi connectivity index (χ3v) is 4.21. The van der Waals surface area contributed by atoms with Crippen molar-refractivity contribution in [3.63, 3.8) is 0 Å². The van der Waals surface area contributed by atoms with Crippen molar-refractivity contribution < 1.29 is 4.92 Å². The second-order valence-electron chi connectivity index (χ2n) is 4.82. The van der Waals surface area contributed by atoms with Crippen molar-refractivity contribution >= 4 is 34.0 Å². The molecule has 1 N–H and O–H groups in total. The summed E-state index contributed by atoms with van der Waals surface area (Å²) in [5.41, 5.74) is 2.15. The number of benzene rings is 2. The van der Waals surface area contributed by atoms with Gasteiger partial charge in [-0.05, 0) is 46.7 Å². The SMILES string of the molecule is CCCC(Nc1ccccc1I)c1cccc([N+](=O)[O-])c1. The van der Waals surface area contributed by atoms with Crippen LogP contribution in [0.25, 0.3) is 0 Å². The van der Waals surface area contributed by atoms with Gasteiger partial charge in [-0.2, -0.15) is 0 Å². The van der Waals surface area contributed by atoms with Gasteiger partial charge in [0.25, 0.3) is 5.69 Å². The Bertz CT molecular complexity index is 631. The number of halogens is 1. The van der Waals surface area contributed by atoms with Crippen molar-refractivity contribution in [1.29, 1.82) is 0 Å². The van der Waals surface area contributed by atoms with Crippen LogP contribution in [0, 0.1) is 13.7 Å². The number of hydrogen-bond donors (Lipinski definition) is 1. The molecule has 21 heavy (non-hydrogen) atoms. The van der Waals surface area contributed by atoms with Crippen molar-refractivity contribution in [2.24, 2.45) is 0 Å². The normalized spacial score (nSPS) is 11.9. The van der Waals surface area contributed by atoms with Crippen LogP contribution in [-0.2, 0) is 0 Å². The number of anilines is 1. The highest BCUT2D eigenvalue weighted by atomic mass is 127. The molecule has 0 aliphatic carbocycles. The maximum atomic E-state index is 10.9. The average molecular weight is 396 g/mol. The van der Waals surface area contributed by atoms with Gasteiger partial charge in [-0.25, -0.2) is 0 Å². The molecule has 0 aliphatic heterocycles. The Morgan fingerprint density at radius 2 is 2.00 bits per heavy atom. The predicted molar refractivity (Wildman–Crippen MR) is 93.5 cm³/mol. The van der Waals surface area contributed by atoms with Crippen LogP contribution in [0.3, 0.4) is 0 Å². The third-order valence-electron chi connectivity index (χ3n) is 3.26. The smallest absolute Gasteiger partial charge is 0.269 e. The number of nitro benzene ring substituents is 1. The molecule has 0 aliphatic rings. The summed E-state index contributed by atoms with van der Waals surface area (Å²) < 4.78 is 1.14. The molecule has 0 fully saturated rings. The lowest BCUT2D eigenvalue weighted by Crippen LogP contribution is -2.11. The van der Waals surface area contributed by atoms with E-state index in [0.717, 1.165) is 27.7 Å². The molecule has 2 rings (SSSR count). The van der Waals surface area contributed by atoms with E-state index in [-0.39, 0.29) is 16.7 Å². The minimum absolute atomic E-state index is 0.0748. The Balaban J connectivity index is 2.28. The molecular weight excluding hydrogens is 379 g/mol. The van der Waals surface area contributed by atoms with Gasteiger partial charge in [0.2, 0.25) is 0 Å². The topological polar surface area (TPSA) is 55.2 Å². The number of hydrogen-bond acceptors (Lipinski definition) is 3. The second-order valence-corrected chi connectivity index (χ2v) is 5.98. The molecule has 0 spiro atoms. The van der Waals surface area contributed by atoms with E-state index in [2.05, 4.69) is 34.8 Å². The zero-order chi connectivity index (χ0) is 15.2. The minimum atomic E-state index is -0.348. The molecule has 110 valence electrons. The van der Waals surface area contributed by atoms with Gasteiger partial charge in [0.05, 0.1) is 11.0 Å².